The van der Waals surface area contributed by atoms with E-state index < -0.39 is 17.9 Å². The molecule has 1 N–H and O–H groups in total. The fourth-order valence-corrected chi connectivity index (χ4v) is 1.82. The van der Waals surface area contributed by atoms with E-state index in [1.54, 1.807) is 24.0 Å². The van der Waals surface area contributed by atoms with E-state index in [9.17, 15) is 17.6 Å². The molecule has 0 saturated carbocycles. The number of alkyl halides is 3. The molecule has 1 aromatic heterocycles. The number of hydrogen-bond donors (Lipinski definition) is 1. The molecule has 0 saturated heterocycles. The van der Waals surface area contributed by atoms with Gasteiger partial charge in [0.25, 0.3) is 0 Å². The van der Waals surface area contributed by atoms with Crippen molar-refractivity contribution >= 4 is 0 Å². The molecule has 1 heterocycles. The fraction of sp³-hybridized carbons (Fsp3) is 0.308. The molecule has 0 spiro atoms. The lowest BCUT2D eigenvalue weighted by Crippen LogP contribution is -2.21. The number of halogens is 4. The van der Waals surface area contributed by atoms with Gasteiger partial charge in [-0.1, -0.05) is 6.07 Å². The molecule has 0 atom stereocenters. The van der Waals surface area contributed by atoms with Gasteiger partial charge in [-0.05, 0) is 18.2 Å². The first-order valence-corrected chi connectivity index (χ1v) is 6.07. The smallest absolute Gasteiger partial charge is 0.405 e. The first kappa shape index (κ1) is 15.3. The van der Waals surface area contributed by atoms with E-state index in [2.05, 4.69) is 15.2 Å². The van der Waals surface area contributed by atoms with Crippen LogP contribution in [0.1, 0.15) is 11.3 Å². The molecule has 0 aliphatic carbocycles. The number of aromatic nitrogens is 2. The van der Waals surface area contributed by atoms with Gasteiger partial charge in [-0.2, -0.15) is 5.10 Å². The lowest BCUT2D eigenvalue weighted by molar-refractivity contribution is -0.275. The molecule has 2 aromatic rings. The molecule has 0 unspecified atom stereocenters. The van der Waals surface area contributed by atoms with E-state index in [4.69, 9.17) is 0 Å². The number of hydrogen-bond acceptors (Lipinski definition) is 3. The summed E-state index contributed by atoms with van der Waals surface area (Å²) in [7, 11) is 1.73. The van der Waals surface area contributed by atoms with Gasteiger partial charge in [0, 0.05) is 31.9 Å². The van der Waals surface area contributed by atoms with E-state index in [1.807, 2.05) is 0 Å². The summed E-state index contributed by atoms with van der Waals surface area (Å²) in [5, 5.41) is 6.82. The predicted molar refractivity (Wildman–Crippen MR) is 66.8 cm³/mol. The average molecular weight is 303 g/mol. The van der Waals surface area contributed by atoms with Gasteiger partial charge >= 0.3 is 6.36 Å². The first-order chi connectivity index (χ1) is 9.87. The van der Waals surface area contributed by atoms with Crippen LogP contribution in [0.15, 0.2) is 30.5 Å². The minimum absolute atomic E-state index is 0.0940. The number of benzene rings is 1. The zero-order valence-corrected chi connectivity index (χ0v) is 11.1. The Labute approximate surface area is 118 Å². The third-order valence-corrected chi connectivity index (χ3v) is 2.83. The van der Waals surface area contributed by atoms with E-state index in [0.29, 0.717) is 6.54 Å². The number of rotatable bonds is 5. The van der Waals surface area contributed by atoms with Crippen molar-refractivity contribution in [1.82, 2.24) is 15.1 Å². The SMILES string of the molecule is Cn1nccc1CNCc1c(F)cccc1OC(F)(F)F. The van der Waals surface area contributed by atoms with Crippen molar-refractivity contribution in [3.8, 4) is 5.75 Å². The van der Waals surface area contributed by atoms with Crippen LogP contribution in [0.4, 0.5) is 17.6 Å². The standard InChI is InChI=1S/C13H13F4N3O/c1-20-9(5-6-19-20)7-18-8-10-11(14)3-2-4-12(10)21-13(15,16)17/h2-6,18H,7-8H2,1H3. The van der Waals surface area contributed by atoms with Crippen LogP contribution < -0.4 is 10.1 Å². The van der Waals surface area contributed by atoms with Crippen LogP contribution in [-0.2, 0) is 20.1 Å². The summed E-state index contributed by atoms with van der Waals surface area (Å²) in [6.07, 6.45) is -3.26. The summed E-state index contributed by atoms with van der Waals surface area (Å²) < 4.78 is 55.9. The number of ether oxygens (including phenoxy) is 1. The Kier molecular flexibility index (Phi) is 4.46. The van der Waals surface area contributed by atoms with Crippen LogP contribution in [0.5, 0.6) is 5.75 Å². The molecule has 114 valence electrons. The molecule has 0 aliphatic heterocycles. The molecule has 0 radical (unpaired) electrons. The summed E-state index contributed by atoms with van der Waals surface area (Å²) >= 11 is 0. The molecule has 8 heteroatoms. The highest BCUT2D eigenvalue weighted by Gasteiger charge is 2.32. The summed E-state index contributed by atoms with van der Waals surface area (Å²) in [4.78, 5) is 0. The van der Waals surface area contributed by atoms with Gasteiger partial charge in [0.1, 0.15) is 11.6 Å². The molecule has 1 aromatic carbocycles. The highest BCUT2D eigenvalue weighted by atomic mass is 19.4. The average Bonchev–Trinajstić information content (AvgIpc) is 2.77. The molecule has 4 nitrogen and oxygen atoms in total. The second kappa shape index (κ2) is 6.13. The third-order valence-electron chi connectivity index (χ3n) is 2.83. The van der Waals surface area contributed by atoms with Gasteiger partial charge < -0.3 is 10.1 Å². The molecule has 0 fully saturated rings. The summed E-state index contributed by atoms with van der Waals surface area (Å²) in [5.74, 6) is -1.30. The molecular weight excluding hydrogens is 290 g/mol. The van der Waals surface area contributed by atoms with Crippen molar-refractivity contribution in [2.75, 3.05) is 0 Å². The maximum atomic E-state index is 13.7. The summed E-state index contributed by atoms with van der Waals surface area (Å²) in [6.45, 7) is 0.250. The monoisotopic (exact) mass is 303 g/mol. The normalized spacial score (nSPS) is 11.7. The quantitative estimate of drug-likeness (QED) is 0.863. The van der Waals surface area contributed by atoms with Gasteiger partial charge in [0.2, 0.25) is 0 Å². The molecule has 0 bridgehead atoms. The van der Waals surface area contributed by atoms with E-state index in [1.165, 1.54) is 6.07 Å². The van der Waals surface area contributed by atoms with E-state index >= 15 is 0 Å². The topological polar surface area (TPSA) is 39.1 Å². The number of aryl methyl sites for hydroxylation is 1. The van der Waals surface area contributed by atoms with Crippen molar-refractivity contribution in [3.63, 3.8) is 0 Å². The minimum Gasteiger partial charge on any atom is -0.405 e. The Hall–Kier alpha value is -2.09. The maximum absolute atomic E-state index is 13.7. The Morgan fingerprint density at radius 3 is 2.62 bits per heavy atom. The van der Waals surface area contributed by atoms with Crippen LogP contribution in [0.25, 0.3) is 0 Å². The van der Waals surface area contributed by atoms with Crippen LogP contribution in [0.3, 0.4) is 0 Å². The molecule has 0 aliphatic rings. The molecule has 21 heavy (non-hydrogen) atoms. The van der Waals surface area contributed by atoms with Gasteiger partial charge in [0.05, 0.1) is 5.69 Å². The van der Waals surface area contributed by atoms with Gasteiger partial charge in [-0.3, -0.25) is 4.68 Å². The third kappa shape index (κ3) is 4.19. The summed E-state index contributed by atoms with van der Waals surface area (Å²) in [5.41, 5.74) is 0.654. The van der Waals surface area contributed by atoms with Crippen LogP contribution >= 0.6 is 0 Å². The van der Waals surface area contributed by atoms with E-state index in [0.717, 1.165) is 17.8 Å². The Morgan fingerprint density at radius 1 is 1.24 bits per heavy atom. The van der Waals surface area contributed by atoms with Crippen LogP contribution in [0, 0.1) is 5.82 Å². The van der Waals surface area contributed by atoms with Gasteiger partial charge in [0.15, 0.2) is 0 Å². The first-order valence-electron chi connectivity index (χ1n) is 6.07. The van der Waals surface area contributed by atoms with Crippen molar-refractivity contribution < 1.29 is 22.3 Å². The zero-order valence-electron chi connectivity index (χ0n) is 11.1. The zero-order chi connectivity index (χ0) is 15.5. The van der Waals surface area contributed by atoms with Gasteiger partial charge in [-0.25, -0.2) is 4.39 Å². The van der Waals surface area contributed by atoms with Crippen molar-refractivity contribution in [3.05, 3.63) is 47.5 Å². The highest BCUT2D eigenvalue weighted by Crippen LogP contribution is 2.28. The Morgan fingerprint density at radius 2 is 2.00 bits per heavy atom. The second-order valence-electron chi connectivity index (χ2n) is 4.31. The molecular formula is C13H13F4N3O. The maximum Gasteiger partial charge on any atom is 0.573 e. The lowest BCUT2D eigenvalue weighted by atomic mass is 10.2. The Balaban J connectivity index is 2.06. The summed E-state index contributed by atoms with van der Waals surface area (Å²) in [6, 6.07) is 5.09. The predicted octanol–water partition coefficient (Wildman–Crippen LogP) is 2.75. The lowest BCUT2D eigenvalue weighted by Gasteiger charge is -2.14. The molecule has 2 rings (SSSR count). The minimum atomic E-state index is -4.86. The highest BCUT2D eigenvalue weighted by molar-refractivity contribution is 5.34. The Bertz CT molecular complexity index is 610. The fourth-order valence-electron chi connectivity index (χ4n) is 1.82. The van der Waals surface area contributed by atoms with Crippen molar-refractivity contribution in [1.29, 1.82) is 0 Å². The number of nitrogens with zero attached hydrogens (tertiary/aromatic N) is 2. The van der Waals surface area contributed by atoms with Gasteiger partial charge in [-0.15, -0.1) is 13.2 Å². The number of nitrogens with one attached hydrogen (secondary N) is 1. The van der Waals surface area contributed by atoms with E-state index in [-0.39, 0.29) is 12.1 Å². The molecule has 0 amide bonds. The van der Waals surface area contributed by atoms with Crippen LogP contribution in [0.2, 0.25) is 0 Å². The van der Waals surface area contributed by atoms with Crippen molar-refractivity contribution in [2.24, 2.45) is 7.05 Å². The van der Waals surface area contributed by atoms with Crippen LogP contribution in [-0.4, -0.2) is 16.1 Å². The second-order valence-corrected chi connectivity index (χ2v) is 4.31. The largest absolute Gasteiger partial charge is 0.573 e. The van der Waals surface area contributed by atoms with Crippen molar-refractivity contribution in [2.45, 2.75) is 19.5 Å².